The fourth-order valence-electron chi connectivity index (χ4n) is 1.94. The first-order chi connectivity index (χ1) is 10.3. The van der Waals surface area contributed by atoms with Crippen LogP contribution in [0.15, 0.2) is 18.2 Å². The number of ether oxygens (including phenoxy) is 1. The second-order valence-electron chi connectivity index (χ2n) is 5.85. The number of nitrogens with one attached hydrogen (secondary N) is 2. The minimum absolute atomic E-state index is 0. The quantitative estimate of drug-likeness (QED) is 0.624. The Balaban J connectivity index is 0. The molecule has 1 aromatic rings. The Morgan fingerprint density at radius 1 is 1.38 bits per heavy atom. The summed E-state index contributed by atoms with van der Waals surface area (Å²) in [5.41, 5.74) is 6.16. The Morgan fingerprint density at radius 3 is 2.50 bits per heavy atom. The first-order valence-electron chi connectivity index (χ1n) is 7.41. The topological polar surface area (TPSA) is 76.4 Å². The van der Waals surface area contributed by atoms with Crippen LogP contribution in [0.4, 0.5) is 5.69 Å². The molecule has 1 unspecified atom stereocenters. The van der Waals surface area contributed by atoms with E-state index in [4.69, 9.17) is 22.1 Å². The van der Waals surface area contributed by atoms with Crippen LogP contribution in [0.1, 0.15) is 27.2 Å². The Kier molecular flexibility index (Phi) is 12.3. The van der Waals surface area contributed by atoms with Crippen molar-refractivity contribution in [1.29, 1.82) is 0 Å². The molecule has 8 heteroatoms. The van der Waals surface area contributed by atoms with E-state index in [-0.39, 0.29) is 42.2 Å². The number of anilines is 1. The van der Waals surface area contributed by atoms with Crippen LogP contribution in [-0.4, -0.2) is 31.6 Å². The van der Waals surface area contributed by atoms with Gasteiger partial charge in [-0.1, -0.05) is 25.4 Å². The van der Waals surface area contributed by atoms with Crippen LogP contribution in [0, 0.1) is 5.92 Å². The number of carbonyl (C=O) groups is 1. The summed E-state index contributed by atoms with van der Waals surface area (Å²) >= 11 is 5.97. The largest absolute Gasteiger partial charge is 0.495 e. The molecule has 0 aliphatic rings. The van der Waals surface area contributed by atoms with Crippen molar-refractivity contribution in [2.75, 3.05) is 25.5 Å². The lowest BCUT2D eigenvalue weighted by atomic mass is 9.88. The molecule has 0 saturated heterocycles. The molecular formula is C16H28Cl3N3O2. The van der Waals surface area contributed by atoms with Crippen molar-refractivity contribution in [3.05, 3.63) is 23.2 Å². The van der Waals surface area contributed by atoms with E-state index in [1.54, 1.807) is 25.3 Å². The number of hydrogen-bond acceptors (Lipinski definition) is 4. The number of benzene rings is 1. The molecule has 0 spiro atoms. The van der Waals surface area contributed by atoms with E-state index < -0.39 is 0 Å². The summed E-state index contributed by atoms with van der Waals surface area (Å²) in [6.07, 6.45) is 0.345. The van der Waals surface area contributed by atoms with Crippen LogP contribution in [0.3, 0.4) is 0 Å². The molecule has 1 aromatic carbocycles. The summed E-state index contributed by atoms with van der Waals surface area (Å²) in [5.74, 6) is 0.927. The van der Waals surface area contributed by atoms with Crippen LogP contribution >= 0.6 is 36.4 Å². The zero-order chi connectivity index (χ0) is 16.8. The van der Waals surface area contributed by atoms with Crippen LogP contribution in [0.5, 0.6) is 5.75 Å². The average Bonchev–Trinajstić information content (AvgIpc) is 2.47. The minimum atomic E-state index is -0.384. The minimum Gasteiger partial charge on any atom is -0.495 e. The number of amides is 1. The van der Waals surface area contributed by atoms with Gasteiger partial charge in [-0.3, -0.25) is 4.79 Å². The monoisotopic (exact) mass is 399 g/mol. The summed E-state index contributed by atoms with van der Waals surface area (Å²) in [4.78, 5) is 12.1. The predicted molar refractivity (Wildman–Crippen MR) is 106 cm³/mol. The highest BCUT2D eigenvalue weighted by molar-refractivity contribution is 6.30. The van der Waals surface area contributed by atoms with E-state index in [1.807, 2.05) is 20.8 Å². The molecule has 24 heavy (non-hydrogen) atoms. The van der Waals surface area contributed by atoms with E-state index in [9.17, 15) is 4.79 Å². The lowest BCUT2D eigenvalue weighted by molar-refractivity contribution is -0.123. The molecule has 0 aliphatic heterocycles. The molecule has 1 atom stereocenters. The third-order valence-electron chi connectivity index (χ3n) is 3.95. The van der Waals surface area contributed by atoms with Gasteiger partial charge >= 0.3 is 0 Å². The van der Waals surface area contributed by atoms with Crippen LogP contribution in [0.2, 0.25) is 5.02 Å². The second kappa shape index (κ2) is 11.6. The predicted octanol–water partition coefficient (Wildman–Crippen LogP) is 3.48. The van der Waals surface area contributed by atoms with Crippen molar-refractivity contribution in [2.45, 2.75) is 32.7 Å². The molecule has 1 rings (SSSR count). The van der Waals surface area contributed by atoms with Crippen LogP contribution < -0.4 is 21.1 Å². The molecule has 1 amide bonds. The van der Waals surface area contributed by atoms with Crippen molar-refractivity contribution in [3.8, 4) is 5.75 Å². The van der Waals surface area contributed by atoms with Crippen LogP contribution in [0.25, 0.3) is 0 Å². The van der Waals surface area contributed by atoms with Gasteiger partial charge < -0.3 is 21.1 Å². The molecular weight excluding hydrogens is 373 g/mol. The lowest BCUT2D eigenvalue weighted by Crippen LogP contribution is -2.55. The Hall–Kier alpha value is -0.880. The van der Waals surface area contributed by atoms with E-state index in [2.05, 4.69) is 10.6 Å². The highest BCUT2D eigenvalue weighted by Gasteiger charge is 2.28. The van der Waals surface area contributed by atoms with Crippen molar-refractivity contribution in [3.63, 3.8) is 0 Å². The van der Waals surface area contributed by atoms with Gasteiger partial charge in [-0.2, -0.15) is 0 Å². The molecule has 4 N–H and O–H groups in total. The van der Waals surface area contributed by atoms with Gasteiger partial charge in [0.05, 0.1) is 18.3 Å². The maximum atomic E-state index is 12.1. The van der Waals surface area contributed by atoms with Crippen molar-refractivity contribution < 1.29 is 9.53 Å². The van der Waals surface area contributed by atoms with E-state index >= 15 is 0 Å². The van der Waals surface area contributed by atoms with Gasteiger partial charge in [0.1, 0.15) is 5.75 Å². The SMILES string of the molecule is COc1ccc(Cl)cc1NCCC(=O)NC(C)(CN)C(C)C.Cl.Cl. The number of carbonyl (C=O) groups excluding carboxylic acids is 1. The van der Waals surface area contributed by atoms with Gasteiger partial charge in [0, 0.05) is 24.5 Å². The van der Waals surface area contributed by atoms with E-state index in [1.165, 1.54) is 0 Å². The van der Waals surface area contributed by atoms with Crippen molar-refractivity contribution in [1.82, 2.24) is 5.32 Å². The molecule has 0 radical (unpaired) electrons. The fraction of sp³-hybridized carbons (Fsp3) is 0.562. The highest BCUT2D eigenvalue weighted by Crippen LogP contribution is 2.27. The maximum absolute atomic E-state index is 12.1. The molecule has 0 heterocycles. The summed E-state index contributed by atoms with van der Waals surface area (Å²) in [6.45, 7) is 6.95. The fourth-order valence-corrected chi connectivity index (χ4v) is 2.11. The standard InChI is InChI=1S/C16H26ClN3O2.2ClH/c1-11(2)16(3,10-18)20-15(21)7-8-19-13-9-12(17)5-6-14(13)22-4;;/h5-6,9,11,19H,7-8,10,18H2,1-4H3,(H,20,21);2*1H. The smallest absolute Gasteiger partial charge is 0.222 e. The molecule has 140 valence electrons. The maximum Gasteiger partial charge on any atom is 0.222 e. The molecule has 0 aromatic heterocycles. The second-order valence-corrected chi connectivity index (χ2v) is 6.28. The summed E-state index contributed by atoms with van der Waals surface area (Å²) in [5, 5.41) is 6.79. The third kappa shape index (κ3) is 7.34. The van der Waals surface area contributed by atoms with Gasteiger partial charge in [0.2, 0.25) is 5.91 Å². The molecule has 0 fully saturated rings. The number of nitrogens with two attached hydrogens (primary N) is 1. The Bertz CT molecular complexity index is 515. The molecule has 0 bridgehead atoms. The lowest BCUT2D eigenvalue weighted by Gasteiger charge is -2.33. The van der Waals surface area contributed by atoms with Gasteiger partial charge in [-0.05, 0) is 31.0 Å². The third-order valence-corrected chi connectivity index (χ3v) is 4.19. The van der Waals surface area contributed by atoms with Gasteiger partial charge in [-0.25, -0.2) is 0 Å². The Labute approximate surface area is 161 Å². The van der Waals surface area contributed by atoms with Crippen molar-refractivity contribution >= 4 is 48.0 Å². The number of methoxy groups -OCH3 is 1. The number of rotatable bonds is 8. The van der Waals surface area contributed by atoms with Gasteiger partial charge in [-0.15, -0.1) is 24.8 Å². The van der Waals surface area contributed by atoms with E-state index in [0.717, 1.165) is 5.69 Å². The normalized spacial score (nSPS) is 12.5. The first-order valence-corrected chi connectivity index (χ1v) is 7.78. The Morgan fingerprint density at radius 2 is 2.00 bits per heavy atom. The number of halogens is 3. The highest BCUT2D eigenvalue weighted by atomic mass is 35.5. The van der Waals surface area contributed by atoms with Crippen LogP contribution in [-0.2, 0) is 4.79 Å². The zero-order valence-corrected chi connectivity index (χ0v) is 16.9. The number of hydrogen-bond donors (Lipinski definition) is 3. The summed E-state index contributed by atoms with van der Waals surface area (Å²) in [7, 11) is 1.59. The molecule has 0 aliphatic carbocycles. The zero-order valence-electron chi connectivity index (χ0n) is 14.5. The summed E-state index contributed by atoms with van der Waals surface area (Å²) in [6, 6.07) is 5.32. The van der Waals surface area contributed by atoms with E-state index in [0.29, 0.717) is 30.3 Å². The van der Waals surface area contributed by atoms with Gasteiger partial charge in [0.25, 0.3) is 0 Å². The first kappa shape index (κ1) is 25.4. The van der Waals surface area contributed by atoms with Gasteiger partial charge in [0.15, 0.2) is 0 Å². The average molecular weight is 401 g/mol. The molecule has 0 saturated carbocycles. The van der Waals surface area contributed by atoms with Crippen molar-refractivity contribution in [2.24, 2.45) is 11.7 Å². The summed E-state index contributed by atoms with van der Waals surface area (Å²) < 4.78 is 5.25. The molecule has 5 nitrogen and oxygen atoms in total.